The largest absolute Gasteiger partial charge is 0.406 e. The lowest BCUT2D eigenvalue weighted by Crippen LogP contribution is -2.45. The third-order valence-corrected chi connectivity index (χ3v) is 4.88. The van der Waals surface area contributed by atoms with Crippen LogP contribution in [0.25, 0.3) is 0 Å². The number of alkyl halides is 3. The zero-order valence-corrected chi connectivity index (χ0v) is 13.6. The molecule has 0 radical (unpaired) electrons. The maximum atomic E-state index is 12.8. The van der Waals surface area contributed by atoms with Gasteiger partial charge in [-0.05, 0) is 53.7 Å². The summed E-state index contributed by atoms with van der Waals surface area (Å²) < 4.78 is 38.8. The van der Waals surface area contributed by atoms with Crippen LogP contribution in [0.5, 0.6) is 0 Å². The number of benzene rings is 1. The van der Waals surface area contributed by atoms with Crippen molar-refractivity contribution >= 4 is 33.4 Å². The molecule has 1 fully saturated rings. The average Bonchev–Trinajstić information content (AvgIpc) is 3.21. The Morgan fingerprint density at radius 3 is 2.62 bits per heavy atom. The highest BCUT2D eigenvalue weighted by Crippen LogP contribution is 2.37. The molecular formula is C14H14BrClF3NO. The number of halogens is 5. The Bertz CT molecular complexity index is 546. The Hall–Kier alpha value is -0.750. The lowest BCUT2D eigenvalue weighted by Gasteiger charge is -2.30. The Morgan fingerprint density at radius 1 is 1.48 bits per heavy atom. The molecule has 0 spiro atoms. The van der Waals surface area contributed by atoms with Crippen LogP contribution in [0.15, 0.2) is 22.7 Å². The van der Waals surface area contributed by atoms with Crippen LogP contribution in [0.1, 0.15) is 30.1 Å². The van der Waals surface area contributed by atoms with E-state index in [0.29, 0.717) is 4.47 Å². The molecule has 2 nitrogen and oxygen atoms in total. The topological polar surface area (TPSA) is 20.3 Å². The molecule has 1 amide bonds. The fourth-order valence-corrected chi connectivity index (χ4v) is 2.82. The molecule has 1 aliphatic rings. The summed E-state index contributed by atoms with van der Waals surface area (Å²) in [7, 11) is 0. The molecule has 21 heavy (non-hydrogen) atoms. The van der Waals surface area contributed by atoms with Gasteiger partial charge in [0.05, 0.1) is 10.6 Å². The van der Waals surface area contributed by atoms with E-state index in [1.165, 1.54) is 6.07 Å². The maximum absolute atomic E-state index is 12.8. The summed E-state index contributed by atoms with van der Waals surface area (Å²) >= 11 is 9.21. The van der Waals surface area contributed by atoms with Crippen LogP contribution in [0.4, 0.5) is 13.2 Å². The molecule has 7 heteroatoms. The molecule has 0 bridgehead atoms. The Balaban J connectivity index is 2.30. The van der Waals surface area contributed by atoms with Gasteiger partial charge in [0.15, 0.2) is 0 Å². The van der Waals surface area contributed by atoms with Crippen molar-refractivity contribution in [1.29, 1.82) is 0 Å². The van der Waals surface area contributed by atoms with Gasteiger partial charge >= 0.3 is 6.18 Å². The van der Waals surface area contributed by atoms with E-state index in [0.717, 1.165) is 17.7 Å². The fraction of sp³-hybridized carbons (Fsp3) is 0.500. The standard InChI is InChI=1S/C14H14BrClF3NO/c1-8(9-5-6-9)20(7-14(17,18)19)13(21)10-3-2-4-11(15)12(10)16/h2-4,8-9H,5-7H2,1H3. The van der Waals surface area contributed by atoms with Gasteiger partial charge in [-0.2, -0.15) is 13.2 Å². The Morgan fingerprint density at radius 2 is 2.10 bits per heavy atom. The van der Waals surface area contributed by atoms with Crippen molar-refractivity contribution in [3.05, 3.63) is 33.3 Å². The molecule has 0 aliphatic heterocycles. The summed E-state index contributed by atoms with van der Waals surface area (Å²) in [6.07, 6.45) is -2.72. The first-order valence-electron chi connectivity index (χ1n) is 6.52. The van der Waals surface area contributed by atoms with Crippen molar-refractivity contribution < 1.29 is 18.0 Å². The summed E-state index contributed by atoms with van der Waals surface area (Å²) in [6.45, 7) is 0.402. The molecular weight excluding hydrogens is 371 g/mol. The fourth-order valence-electron chi connectivity index (χ4n) is 2.25. The van der Waals surface area contributed by atoms with Gasteiger partial charge in [0.25, 0.3) is 5.91 Å². The zero-order chi connectivity index (χ0) is 15.8. The maximum Gasteiger partial charge on any atom is 0.406 e. The summed E-state index contributed by atoms with van der Waals surface area (Å²) in [5.41, 5.74) is 0.0859. The lowest BCUT2D eigenvalue weighted by atomic mass is 10.1. The Kier molecular flexibility index (Phi) is 4.88. The van der Waals surface area contributed by atoms with Gasteiger partial charge in [0.2, 0.25) is 0 Å². The number of nitrogens with zero attached hydrogens (tertiary/aromatic N) is 1. The van der Waals surface area contributed by atoms with Crippen LogP contribution < -0.4 is 0 Å². The van der Waals surface area contributed by atoms with Crippen LogP contribution in [-0.2, 0) is 0 Å². The first-order valence-corrected chi connectivity index (χ1v) is 7.69. The quantitative estimate of drug-likeness (QED) is 0.722. The number of rotatable bonds is 4. The predicted molar refractivity (Wildman–Crippen MR) is 78.4 cm³/mol. The molecule has 0 heterocycles. The molecule has 1 atom stereocenters. The van der Waals surface area contributed by atoms with E-state index in [1.807, 2.05) is 0 Å². The molecule has 2 rings (SSSR count). The van der Waals surface area contributed by atoms with Gasteiger partial charge in [-0.1, -0.05) is 17.7 Å². The second-order valence-electron chi connectivity index (χ2n) is 5.23. The summed E-state index contributed by atoms with van der Waals surface area (Å²) in [4.78, 5) is 13.4. The van der Waals surface area contributed by atoms with Gasteiger partial charge in [-0.25, -0.2) is 0 Å². The highest BCUT2D eigenvalue weighted by atomic mass is 79.9. The number of carbonyl (C=O) groups excluding carboxylic acids is 1. The molecule has 1 aromatic rings. The van der Waals surface area contributed by atoms with Crippen LogP contribution in [-0.4, -0.2) is 29.6 Å². The van der Waals surface area contributed by atoms with Crippen LogP contribution >= 0.6 is 27.5 Å². The van der Waals surface area contributed by atoms with E-state index < -0.39 is 24.7 Å². The number of amides is 1. The van der Waals surface area contributed by atoms with Crippen molar-refractivity contribution in [1.82, 2.24) is 4.90 Å². The first kappa shape index (κ1) is 16.6. The lowest BCUT2D eigenvalue weighted by molar-refractivity contribution is -0.144. The average molecular weight is 385 g/mol. The smallest absolute Gasteiger partial charge is 0.327 e. The zero-order valence-electron chi connectivity index (χ0n) is 11.3. The minimum atomic E-state index is -4.43. The Labute approximate surface area is 134 Å². The van der Waals surface area contributed by atoms with Crippen LogP contribution in [0.3, 0.4) is 0 Å². The monoisotopic (exact) mass is 383 g/mol. The van der Waals surface area contributed by atoms with Crippen molar-refractivity contribution in [2.75, 3.05) is 6.54 Å². The van der Waals surface area contributed by atoms with Gasteiger partial charge in [0.1, 0.15) is 6.54 Å². The van der Waals surface area contributed by atoms with Gasteiger partial charge in [-0.15, -0.1) is 0 Å². The van der Waals surface area contributed by atoms with Crippen molar-refractivity contribution in [2.24, 2.45) is 5.92 Å². The second kappa shape index (κ2) is 6.16. The number of hydrogen-bond acceptors (Lipinski definition) is 1. The predicted octanol–water partition coefficient (Wildman–Crippen LogP) is 4.91. The van der Waals surface area contributed by atoms with E-state index in [2.05, 4.69) is 15.9 Å². The third-order valence-electron chi connectivity index (χ3n) is 3.59. The molecule has 1 unspecified atom stereocenters. The normalized spacial score (nSPS) is 16.7. The highest BCUT2D eigenvalue weighted by Gasteiger charge is 2.41. The summed E-state index contributed by atoms with van der Waals surface area (Å²) in [5, 5.41) is 0.137. The van der Waals surface area contributed by atoms with Crippen molar-refractivity contribution in [3.8, 4) is 0 Å². The van der Waals surface area contributed by atoms with E-state index in [9.17, 15) is 18.0 Å². The van der Waals surface area contributed by atoms with Crippen LogP contribution in [0.2, 0.25) is 5.02 Å². The summed E-state index contributed by atoms with van der Waals surface area (Å²) in [5.74, 6) is -0.541. The molecule has 1 aromatic carbocycles. The van der Waals surface area contributed by atoms with E-state index in [1.54, 1.807) is 19.1 Å². The van der Waals surface area contributed by atoms with E-state index >= 15 is 0 Å². The molecule has 1 saturated carbocycles. The summed E-state index contributed by atoms with van der Waals surface area (Å²) in [6, 6.07) is 4.21. The van der Waals surface area contributed by atoms with Crippen LogP contribution in [0, 0.1) is 5.92 Å². The van der Waals surface area contributed by atoms with Gasteiger partial charge < -0.3 is 4.90 Å². The number of carbonyl (C=O) groups is 1. The minimum absolute atomic E-state index is 0.0859. The molecule has 1 aliphatic carbocycles. The number of hydrogen-bond donors (Lipinski definition) is 0. The van der Waals surface area contributed by atoms with E-state index in [-0.39, 0.29) is 16.5 Å². The molecule has 0 aromatic heterocycles. The highest BCUT2D eigenvalue weighted by molar-refractivity contribution is 9.10. The molecule has 0 N–H and O–H groups in total. The SMILES string of the molecule is CC(C1CC1)N(CC(F)(F)F)C(=O)c1cccc(Br)c1Cl. The van der Waals surface area contributed by atoms with Crippen molar-refractivity contribution in [2.45, 2.75) is 32.0 Å². The third kappa shape index (κ3) is 4.13. The molecule has 0 saturated heterocycles. The van der Waals surface area contributed by atoms with E-state index in [4.69, 9.17) is 11.6 Å². The second-order valence-corrected chi connectivity index (χ2v) is 6.46. The van der Waals surface area contributed by atoms with Gasteiger partial charge in [0, 0.05) is 10.5 Å². The first-order chi connectivity index (χ1) is 9.70. The van der Waals surface area contributed by atoms with Crippen molar-refractivity contribution in [3.63, 3.8) is 0 Å². The minimum Gasteiger partial charge on any atom is -0.327 e. The molecule has 116 valence electrons. The van der Waals surface area contributed by atoms with Gasteiger partial charge in [-0.3, -0.25) is 4.79 Å².